The Morgan fingerprint density at radius 2 is 1.62 bits per heavy atom. The zero-order valence-electron chi connectivity index (χ0n) is 13.4. The zero-order chi connectivity index (χ0) is 15.0. The average Bonchev–Trinajstić information content (AvgIpc) is 2.45. The van der Waals surface area contributed by atoms with Crippen LogP contribution in [0.25, 0.3) is 0 Å². The van der Waals surface area contributed by atoms with Crippen molar-refractivity contribution in [3.8, 4) is 0 Å². The van der Waals surface area contributed by atoms with Crippen molar-refractivity contribution in [3.63, 3.8) is 0 Å². The molecular weight excluding hydrogens is 292 g/mol. The molecular formula is C18H26OSSi. The van der Waals surface area contributed by atoms with E-state index >= 15 is 0 Å². The van der Waals surface area contributed by atoms with E-state index in [-0.39, 0.29) is 5.92 Å². The van der Waals surface area contributed by atoms with Crippen LogP contribution in [0.5, 0.6) is 0 Å². The number of thioether (sulfide) groups is 1. The molecule has 2 unspecified atom stereocenters. The summed E-state index contributed by atoms with van der Waals surface area (Å²) in [4.78, 5) is 12.8. The smallest absolute Gasteiger partial charge is 0.166 e. The van der Waals surface area contributed by atoms with E-state index in [1.165, 1.54) is 24.4 Å². The van der Waals surface area contributed by atoms with E-state index in [9.17, 15) is 4.79 Å². The number of fused-ring (bicyclic) bond motifs is 2. The second-order valence-electron chi connectivity index (χ2n) is 7.67. The molecule has 3 heteroatoms. The quantitative estimate of drug-likeness (QED) is 0.604. The second kappa shape index (κ2) is 5.92. The number of Topliss-reactive ketones (excluding diaryl/α,β-unsaturated/α-hetero) is 1. The largest absolute Gasteiger partial charge is 0.294 e. The van der Waals surface area contributed by atoms with Gasteiger partial charge >= 0.3 is 0 Å². The van der Waals surface area contributed by atoms with E-state index in [0.29, 0.717) is 5.78 Å². The van der Waals surface area contributed by atoms with Gasteiger partial charge in [-0.05, 0) is 25.7 Å². The molecule has 1 nitrogen and oxygen atoms in total. The SMILES string of the molecule is C[Si](C)(C)c1ccc(C(=O)C2CC3CCCC(C2)S3)cc1. The molecule has 1 aromatic carbocycles. The van der Waals surface area contributed by atoms with E-state index in [2.05, 4.69) is 55.7 Å². The van der Waals surface area contributed by atoms with Gasteiger partial charge in [0, 0.05) is 22.0 Å². The van der Waals surface area contributed by atoms with Gasteiger partial charge in [-0.2, -0.15) is 11.8 Å². The standard InChI is InChI=1S/C18H26OSSi/c1-21(2,3)17-9-7-13(8-10-17)18(19)14-11-15-5-4-6-16(12-14)20-15/h7-10,14-16H,4-6,11-12H2,1-3H3. The number of benzene rings is 1. The Balaban J connectivity index is 1.73. The van der Waals surface area contributed by atoms with Crippen molar-refractivity contribution in [2.24, 2.45) is 5.92 Å². The molecule has 0 aliphatic carbocycles. The number of carbonyl (C=O) groups is 1. The highest BCUT2D eigenvalue weighted by Gasteiger charge is 2.35. The summed E-state index contributed by atoms with van der Waals surface area (Å²) in [7, 11) is -1.26. The normalized spacial score (nSPS) is 29.2. The number of hydrogen-bond acceptors (Lipinski definition) is 2. The third-order valence-corrected chi connectivity index (χ3v) is 8.63. The minimum absolute atomic E-state index is 0.277. The van der Waals surface area contributed by atoms with Crippen molar-refractivity contribution >= 4 is 30.8 Å². The van der Waals surface area contributed by atoms with Gasteiger partial charge in [0.15, 0.2) is 5.78 Å². The number of carbonyl (C=O) groups excluding carboxylic acids is 1. The Bertz CT molecular complexity index is 505. The first kappa shape index (κ1) is 15.4. The van der Waals surface area contributed by atoms with Gasteiger partial charge < -0.3 is 0 Å². The van der Waals surface area contributed by atoms with Crippen LogP contribution in [0.3, 0.4) is 0 Å². The summed E-state index contributed by atoms with van der Waals surface area (Å²) < 4.78 is 0. The molecule has 0 amide bonds. The fourth-order valence-electron chi connectivity index (χ4n) is 3.64. The molecule has 2 bridgehead atoms. The molecule has 2 atom stereocenters. The highest BCUT2D eigenvalue weighted by Crippen LogP contribution is 2.44. The Morgan fingerprint density at radius 3 is 2.14 bits per heavy atom. The summed E-state index contributed by atoms with van der Waals surface area (Å²) in [5.41, 5.74) is 0.937. The highest BCUT2D eigenvalue weighted by atomic mass is 32.2. The van der Waals surface area contributed by atoms with Gasteiger partial charge in [0.25, 0.3) is 0 Å². The fraction of sp³-hybridized carbons (Fsp3) is 0.611. The monoisotopic (exact) mass is 318 g/mol. The zero-order valence-corrected chi connectivity index (χ0v) is 15.2. The van der Waals surface area contributed by atoms with Gasteiger partial charge in [-0.15, -0.1) is 0 Å². The Morgan fingerprint density at radius 1 is 1.05 bits per heavy atom. The summed E-state index contributed by atoms with van der Waals surface area (Å²) in [6, 6.07) is 8.54. The lowest BCUT2D eigenvalue weighted by Crippen LogP contribution is -2.37. The second-order valence-corrected chi connectivity index (χ2v) is 14.4. The van der Waals surface area contributed by atoms with Gasteiger partial charge in [-0.3, -0.25) is 4.79 Å². The predicted octanol–water partition coefficient (Wildman–Crippen LogP) is 4.48. The Labute approximate surface area is 133 Å². The third kappa shape index (κ3) is 3.45. The molecule has 2 saturated heterocycles. The molecule has 2 aliphatic rings. The first-order valence-corrected chi connectivity index (χ1v) is 12.7. The molecule has 2 fully saturated rings. The van der Waals surface area contributed by atoms with Crippen LogP contribution in [0.15, 0.2) is 24.3 Å². The summed E-state index contributed by atoms with van der Waals surface area (Å²) >= 11 is 2.15. The van der Waals surface area contributed by atoms with Crippen molar-refractivity contribution in [2.75, 3.05) is 0 Å². The van der Waals surface area contributed by atoms with Crippen LogP contribution in [0, 0.1) is 5.92 Å². The van der Waals surface area contributed by atoms with E-state index in [0.717, 1.165) is 28.9 Å². The van der Waals surface area contributed by atoms with Crippen molar-refractivity contribution in [1.82, 2.24) is 0 Å². The van der Waals surface area contributed by atoms with E-state index in [1.807, 2.05) is 0 Å². The third-order valence-electron chi connectivity index (χ3n) is 4.94. The van der Waals surface area contributed by atoms with Crippen LogP contribution in [0.2, 0.25) is 19.6 Å². The van der Waals surface area contributed by atoms with Crippen LogP contribution in [-0.4, -0.2) is 24.4 Å². The minimum atomic E-state index is -1.26. The summed E-state index contributed by atoms with van der Waals surface area (Å²) in [5, 5.41) is 2.93. The molecule has 2 heterocycles. The first-order valence-electron chi connectivity index (χ1n) is 8.24. The summed E-state index contributed by atoms with van der Waals surface area (Å²) in [6.07, 6.45) is 6.22. The fourth-order valence-corrected chi connectivity index (χ4v) is 6.65. The van der Waals surface area contributed by atoms with Crippen LogP contribution < -0.4 is 5.19 Å². The molecule has 114 valence electrons. The van der Waals surface area contributed by atoms with Crippen molar-refractivity contribution < 1.29 is 4.79 Å². The maximum atomic E-state index is 12.8. The van der Waals surface area contributed by atoms with E-state index in [4.69, 9.17) is 0 Å². The highest BCUT2D eigenvalue weighted by molar-refractivity contribution is 8.00. The predicted molar refractivity (Wildman–Crippen MR) is 95.5 cm³/mol. The molecule has 1 aromatic rings. The van der Waals surface area contributed by atoms with Gasteiger partial charge in [-0.25, -0.2) is 0 Å². The molecule has 2 aliphatic heterocycles. The topological polar surface area (TPSA) is 17.1 Å². The van der Waals surface area contributed by atoms with Crippen LogP contribution in [-0.2, 0) is 0 Å². The molecule has 0 saturated carbocycles. The van der Waals surface area contributed by atoms with Crippen LogP contribution >= 0.6 is 11.8 Å². The van der Waals surface area contributed by atoms with E-state index < -0.39 is 8.07 Å². The van der Waals surface area contributed by atoms with E-state index in [1.54, 1.807) is 0 Å². The van der Waals surface area contributed by atoms with Gasteiger partial charge in [0.2, 0.25) is 0 Å². The summed E-state index contributed by atoms with van der Waals surface area (Å²) in [5.74, 6) is 0.675. The molecule has 0 spiro atoms. The van der Waals surface area contributed by atoms with Crippen LogP contribution in [0.1, 0.15) is 42.5 Å². The summed E-state index contributed by atoms with van der Waals surface area (Å²) in [6.45, 7) is 7.05. The maximum Gasteiger partial charge on any atom is 0.166 e. The molecule has 21 heavy (non-hydrogen) atoms. The minimum Gasteiger partial charge on any atom is -0.294 e. The lowest BCUT2D eigenvalue weighted by atomic mass is 9.84. The van der Waals surface area contributed by atoms with Gasteiger partial charge in [0.1, 0.15) is 0 Å². The molecule has 0 aromatic heterocycles. The van der Waals surface area contributed by atoms with Crippen LogP contribution in [0.4, 0.5) is 0 Å². The lowest BCUT2D eigenvalue weighted by molar-refractivity contribution is 0.0896. The first-order chi connectivity index (χ1) is 9.93. The van der Waals surface area contributed by atoms with Crippen molar-refractivity contribution in [3.05, 3.63) is 29.8 Å². The van der Waals surface area contributed by atoms with Crippen molar-refractivity contribution in [2.45, 2.75) is 62.2 Å². The molecule has 3 rings (SSSR count). The Hall–Kier alpha value is -0.543. The average molecular weight is 319 g/mol. The molecule has 0 N–H and O–H groups in total. The van der Waals surface area contributed by atoms with Gasteiger partial charge in [-0.1, -0.05) is 55.5 Å². The van der Waals surface area contributed by atoms with Gasteiger partial charge in [0.05, 0.1) is 8.07 Å². The molecule has 0 radical (unpaired) electrons. The number of ketones is 1. The number of rotatable bonds is 3. The number of hydrogen-bond donors (Lipinski definition) is 0. The Kier molecular flexibility index (Phi) is 4.33. The maximum absolute atomic E-state index is 12.8. The van der Waals surface area contributed by atoms with Crippen molar-refractivity contribution in [1.29, 1.82) is 0 Å². The lowest BCUT2D eigenvalue weighted by Gasteiger charge is -2.38.